The van der Waals surface area contributed by atoms with E-state index >= 15 is 0 Å². The molecular weight excluding hydrogens is 348 g/mol. The second-order valence-corrected chi connectivity index (χ2v) is 6.69. The quantitative estimate of drug-likeness (QED) is 0.722. The van der Waals surface area contributed by atoms with Gasteiger partial charge in [0.2, 0.25) is 0 Å². The first-order valence-electron chi connectivity index (χ1n) is 9.04. The van der Waals surface area contributed by atoms with E-state index in [0.717, 1.165) is 5.56 Å². The zero-order chi connectivity index (χ0) is 19.2. The monoisotopic (exact) mass is 372 g/mol. The van der Waals surface area contributed by atoms with Gasteiger partial charge in [0.05, 0.1) is 19.3 Å². The number of hydrogen-bond acceptors (Lipinski definition) is 4. The lowest BCUT2D eigenvalue weighted by Gasteiger charge is -2.28. The maximum absolute atomic E-state index is 12.6. The second kappa shape index (κ2) is 8.62. The van der Waals surface area contributed by atoms with Gasteiger partial charge in [0, 0.05) is 11.6 Å². The number of carbonyl (C=O) groups is 2. The number of amides is 2. The summed E-state index contributed by atoms with van der Waals surface area (Å²) in [6, 6.07) is 10.2. The van der Waals surface area contributed by atoms with Crippen molar-refractivity contribution in [1.82, 2.24) is 10.6 Å². The first-order valence-corrected chi connectivity index (χ1v) is 9.04. The van der Waals surface area contributed by atoms with Crippen LogP contribution in [0.25, 0.3) is 0 Å². The van der Waals surface area contributed by atoms with E-state index in [9.17, 15) is 9.59 Å². The number of benzene rings is 1. The number of rotatable bonds is 6. The van der Waals surface area contributed by atoms with Gasteiger partial charge in [-0.25, -0.2) is 4.79 Å². The summed E-state index contributed by atoms with van der Waals surface area (Å²) in [6.45, 7) is 0. The largest absolute Gasteiger partial charge is 0.496 e. The molecule has 7 heteroatoms. The molecule has 0 spiro atoms. The SMILES string of the molecule is COc1ccccc1C(NC(=O)NC1CCC(C(=O)O)CC1)c1ccco1. The topological polar surface area (TPSA) is 101 Å². The number of carboxylic acid groups (broad SMARTS) is 1. The molecule has 3 N–H and O–H groups in total. The fourth-order valence-corrected chi connectivity index (χ4v) is 3.51. The highest BCUT2D eigenvalue weighted by Crippen LogP contribution is 2.30. The number of hydrogen-bond donors (Lipinski definition) is 3. The van der Waals surface area contributed by atoms with Crippen molar-refractivity contribution in [3.8, 4) is 5.75 Å². The van der Waals surface area contributed by atoms with Crippen molar-refractivity contribution in [1.29, 1.82) is 0 Å². The van der Waals surface area contributed by atoms with Crippen LogP contribution in [0.2, 0.25) is 0 Å². The summed E-state index contributed by atoms with van der Waals surface area (Å²) >= 11 is 0. The lowest BCUT2D eigenvalue weighted by molar-refractivity contribution is -0.142. The molecule has 1 aliphatic carbocycles. The number of aliphatic carboxylic acids is 1. The Balaban J connectivity index is 1.68. The molecule has 1 atom stereocenters. The van der Waals surface area contributed by atoms with Crippen LogP contribution in [0.15, 0.2) is 47.1 Å². The molecule has 144 valence electrons. The van der Waals surface area contributed by atoms with Crippen LogP contribution in [0.1, 0.15) is 43.0 Å². The average molecular weight is 372 g/mol. The molecule has 1 heterocycles. The third-order valence-corrected chi connectivity index (χ3v) is 4.96. The average Bonchev–Trinajstić information content (AvgIpc) is 3.21. The predicted octanol–water partition coefficient (Wildman–Crippen LogP) is 3.32. The number of ether oxygens (including phenoxy) is 1. The Hall–Kier alpha value is -2.96. The molecule has 1 saturated carbocycles. The molecule has 0 saturated heterocycles. The molecule has 27 heavy (non-hydrogen) atoms. The fourth-order valence-electron chi connectivity index (χ4n) is 3.51. The lowest BCUT2D eigenvalue weighted by Crippen LogP contribution is -2.45. The van der Waals surface area contributed by atoms with E-state index in [0.29, 0.717) is 37.2 Å². The van der Waals surface area contributed by atoms with Gasteiger partial charge in [-0.2, -0.15) is 0 Å². The summed E-state index contributed by atoms with van der Waals surface area (Å²) in [5.41, 5.74) is 0.791. The highest BCUT2D eigenvalue weighted by atomic mass is 16.5. The van der Waals surface area contributed by atoms with Crippen molar-refractivity contribution >= 4 is 12.0 Å². The minimum Gasteiger partial charge on any atom is -0.496 e. The van der Waals surface area contributed by atoms with E-state index in [2.05, 4.69) is 10.6 Å². The minimum absolute atomic E-state index is 0.0319. The molecule has 2 amide bonds. The van der Waals surface area contributed by atoms with Crippen molar-refractivity contribution in [2.45, 2.75) is 37.8 Å². The Morgan fingerprint density at radius 1 is 1.15 bits per heavy atom. The van der Waals surface area contributed by atoms with Crippen LogP contribution in [0.3, 0.4) is 0 Å². The Morgan fingerprint density at radius 2 is 1.89 bits per heavy atom. The van der Waals surface area contributed by atoms with E-state index in [-0.39, 0.29) is 18.0 Å². The maximum atomic E-state index is 12.6. The molecule has 3 rings (SSSR count). The third kappa shape index (κ3) is 4.61. The van der Waals surface area contributed by atoms with Gasteiger partial charge in [-0.3, -0.25) is 4.79 Å². The minimum atomic E-state index is -0.757. The van der Waals surface area contributed by atoms with Crippen LogP contribution in [0.5, 0.6) is 5.75 Å². The predicted molar refractivity (Wildman–Crippen MR) is 98.6 cm³/mol. The number of nitrogens with one attached hydrogen (secondary N) is 2. The van der Waals surface area contributed by atoms with Crippen LogP contribution in [0, 0.1) is 5.92 Å². The molecule has 0 aliphatic heterocycles. The number of carbonyl (C=O) groups excluding carboxylic acids is 1. The number of carboxylic acids is 1. The highest BCUT2D eigenvalue weighted by Gasteiger charge is 2.28. The van der Waals surface area contributed by atoms with Gasteiger partial charge in [-0.1, -0.05) is 18.2 Å². The third-order valence-electron chi connectivity index (χ3n) is 4.96. The molecular formula is C20H24N2O5. The molecule has 1 aromatic carbocycles. The van der Waals surface area contributed by atoms with E-state index < -0.39 is 12.0 Å². The summed E-state index contributed by atoms with van der Waals surface area (Å²) in [5.74, 6) is 0.188. The Kier molecular flexibility index (Phi) is 6.01. The number of furan rings is 1. The van der Waals surface area contributed by atoms with Crippen LogP contribution in [-0.2, 0) is 4.79 Å². The Labute approximate surface area is 157 Å². The highest BCUT2D eigenvalue weighted by molar-refractivity contribution is 5.75. The van der Waals surface area contributed by atoms with Gasteiger partial charge in [0.15, 0.2) is 0 Å². The second-order valence-electron chi connectivity index (χ2n) is 6.69. The molecule has 1 fully saturated rings. The Bertz CT molecular complexity index is 766. The van der Waals surface area contributed by atoms with E-state index in [4.69, 9.17) is 14.3 Å². The van der Waals surface area contributed by atoms with Gasteiger partial charge in [0.1, 0.15) is 17.6 Å². The fraction of sp³-hybridized carbons (Fsp3) is 0.400. The molecule has 0 radical (unpaired) electrons. The van der Waals surface area contributed by atoms with Crippen LogP contribution in [0.4, 0.5) is 4.79 Å². The maximum Gasteiger partial charge on any atom is 0.315 e. The zero-order valence-corrected chi connectivity index (χ0v) is 15.2. The first kappa shape index (κ1) is 18.8. The van der Waals surface area contributed by atoms with E-state index in [1.807, 2.05) is 24.3 Å². The van der Waals surface area contributed by atoms with Crippen molar-refractivity contribution < 1.29 is 23.8 Å². The standard InChI is InChI=1S/C20H24N2O5/c1-26-16-6-3-2-5-15(16)18(17-7-4-12-27-17)22-20(25)21-14-10-8-13(9-11-14)19(23)24/h2-7,12-14,18H,8-11H2,1H3,(H,23,24)(H2,21,22,25). The van der Waals surface area contributed by atoms with Gasteiger partial charge < -0.3 is 24.9 Å². The Morgan fingerprint density at radius 3 is 2.52 bits per heavy atom. The summed E-state index contributed by atoms with van der Waals surface area (Å²) in [4.78, 5) is 23.6. The molecule has 2 aromatic rings. The molecule has 1 aromatic heterocycles. The zero-order valence-electron chi connectivity index (χ0n) is 15.2. The van der Waals surface area contributed by atoms with Crippen molar-refractivity contribution in [2.24, 2.45) is 5.92 Å². The smallest absolute Gasteiger partial charge is 0.315 e. The molecule has 1 aliphatic rings. The van der Waals surface area contributed by atoms with Crippen LogP contribution >= 0.6 is 0 Å². The molecule has 0 bridgehead atoms. The summed E-state index contributed by atoms with van der Waals surface area (Å²) in [5, 5.41) is 15.0. The van der Waals surface area contributed by atoms with Gasteiger partial charge in [0.25, 0.3) is 0 Å². The van der Waals surface area contributed by atoms with Gasteiger partial charge in [-0.15, -0.1) is 0 Å². The summed E-state index contributed by atoms with van der Waals surface area (Å²) in [7, 11) is 1.58. The molecule has 1 unspecified atom stereocenters. The van der Waals surface area contributed by atoms with Gasteiger partial charge >= 0.3 is 12.0 Å². The van der Waals surface area contributed by atoms with E-state index in [1.54, 1.807) is 25.5 Å². The number of para-hydroxylation sites is 1. The molecule has 7 nitrogen and oxygen atoms in total. The summed E-state index contributed by atoms with van der Waals surface area (Å²) in [6.07, 6.45) is 4.03. The number of methoxy groups -OCH3 is 1. The van der Waals surface area contributed by atoms with Gasteiger partial charge in [-0.05, 0) is 43.9 Å². The van der Waals surface area contributed by atoms with Crippen LogP contribution < -0.4 is 15.4 Å². The van der Waals surface area contributed by atoms with Crippen molar-refractivity contribution in [2.75, 3.05) is 7.11 Å². The van der Waals surface area contributed by atoms with E-state index in [1.165, 1.54) is 0 Å². The summed E-state index contributed by atoms with van der Waals surface area (Å²) < 4.78 is 10.9. The normalized spacial score (nSPS) is 20.5. The first-order chi connectivity index (χ1) is 13.1. The number of urea groups is 1. The van der Waals surface area contributed by atoms with Crippen LogP contribution in [-0.4, -0.2) is 30.3 Å². The van der Waals surface area contributed by atoms with Crippen molar-refractivity contribution in [3.05, 3.63) is 54.0 Å². The van der Waals surface area contributed by atoms with Crippen molar-refractivity contribution in [3.63, 3.8) is 0 Å². The lowest BCUT2D eigenvalue weighted by atomic mass is 9.86.